The Hall–Kier alpha value is -1.66. The van der Waals surface area contributed by atoms with Crippen LogP contribution in [0, 0.1) is 6.92 Å². The van der Waals surface area contributed by atoms with Crippen LogP contribution in [0.1, 0.15) is 16.2 Å². The molecule has 0 aliphatic carbocycles. The van der Waals surface area contributed by atoms with Crippen LogP contribution in [0.5, 0.6) is 5.75 Å². The number of carboxylic acid groups (broad SMARTS) is 1. The second-order valence-corrected chi connectivity index (χ2v) is 5.10. The molecule has 0 amide bonds. The minimum atomic E-state index is -1.05. The Balaban J connectivity index is 1.86. The highest BCUT2D eigenvalue weighted by molar-refractivity contribution is 5.88. The van der Waals surface area contributed by atoms with Crippen LogP contribution in [-0.2, 0) is 0 Å². The summed E-state index contributed by atoms with van der Waals surface area (Å²) in [5.74, 6) is -0.708. The van der Waals surface area contributed by atoms with Gasteiger partial charge < -0.3 is 14.7 Å². The molecule has 2 heterocycles. The number of carbonyl (C=O) groups is 1. The van der Waals surface area contributed by atoms with E-state index in [0.717, 1.165) is 32.7 Å². The van der Waals surface area contributed by atoms with Crippen molar-refractivity contribution in [2.24, 2.45) is 0 Å². The molecular formula is C14H21N3O3. The van der Waals surface area contributed by atoms with Crippen molar-refractivity contribution in [2.75, 3.05) is 46.4 Å². The fourth-order valence-corrected chi connectivity index (χ4v) is 2.17. The summed E-state index contributed by atoms with van der Waals surface area (Å²) in [7, 11) is 2.12. The number of aryl methyl sites for hydroxylation is 1. The highest BCUT2D eigenvalue weighted by Gasteiger charge is 2.16. The van der Waals surface area contributed by atoms with Gasteiger partial charge in [-0.05, 0) is 26.1 Å². The van der Waals surface area contributed by atoms with Gasteiger partial charge in [0.05, 0.1) is 0 Å². The fourth-order valence-electron chi connectivity index (χ4n) is 2.17. The Bertz CT molecular complexity index is 471. The van der Waals surface area contributed by atoms with E-state index in [0.29, 0.717) is 18.1 Å². The predicted molar refractivity (Wildman–Crippen MR) is 75.4 cm³/mol. The number of aromatic carboxylic acids is 1. The van der Waals surface area contributed by atoms with E-state index in [1.807, 2.05) is 0 Å². The Kier molecular flexibility index (Phi) is 4.92. The number of likely N-dealkylation sites (N-methyl/N-ethyl adjacent to an activating group) is 1. The number of pyridine rings is 1. The topological polar surface area (TPSA) is 65.9 Å². The Morgan fingerprint density at radius 1 is 1.35 bits per heavy atom. The number of hydrogen-bond acceptors (Lipinski definition) is 5. The van der Waals surface area contributed by atoms with Crippen LogP contribution in [0.3, 0.4) is 0 Å². The van der Waals surface area contributed by atoms with E-state index >= 15 is 0 Å². The lowest BCUT2D eigenvalue weighted by atomic mass is 10.3. The second kappa shape index (κ2) is 6.67. The summed E-state index contributed by atoms with van der Waals surface area (Å²) in [6, 6.07) is 3.44. The summed E-state index contributed by atoms with van der Waals surface area (Å²) in [6.45, 7) is 7.23. The first-order valence-electron chi connectivity index (χ1n) is 6.81. The summed E-state index contributed by atoms with van der Waals surface area (Å²) < 4.78 is 5.58. The van der Waals surface area contributed by atoms with E-state index in [2.05, 4.69) is 21.8 Å². The minimum absolute atomic E-state index is 0.0108. The number of ether oxygens (including phenoxy) is 1. The van der Waals surface area contributed by atoms with Gasteiger partial charge in [-0.15, -0.1) is 0 Å². The molecule has 0 atom stereocenters. The number of piperazine rings is 1. The lowest BCUT2D eigenvalue weighted by molar-refractivity contribution is 0.0683. The van der Waals surface area contributed by atoms with E-state index in [-0.39, 0.29) is 5.69 Å². The third-order valence-electron chi connectivity index (χ3n) is 3.46. The summed E-state index contributed by atoms with van der Waals surface area (Å²) in [5.41, 5.74) is 0.664. The number of hydrogen-bond donors (Lipinski definition) is 1. The third kappa shape index (κ3) is 3.91. The summed E-state index contributed by atoms with van der Waals surface area (Å²) >= 11 is 0. The van der Waals surface area contributed by atoms with Crippen molar-refractivity contribution >= 4 is 5.97 Å². The van der Waals surface area contributed by atoms with Gasteiger partial charge >= 0.3 is 5.97 Å². The zero-order valence-corrected chi connectivity index (χ0v) is 12.0. The van der Waals surface area contributed by atoms with Gasteiger partial charge in [-0.1, -0.05) is 0 Å². The van der Waals surface area contributed by atoms with Crippen molar-refractivity contribution in [2.45, 2.75) is 6.92 Å². The SMILES string of the molecule is Cc1ccc(OCCN2CCN(C)CC2)c(C(=O)O)n1. The van der Waals surface area contributed by atoms with Crippen LogP contribution in [0.2, 0.25) is 0 Å². The molecule has 0 aromatic carbocycles. The first-order chi connectivity index (χ1) is 9.56. The van der Waals surface area contributed by atoms with Crippen molar-refractivity contribution in [3.8, 4) is 5.75 Å². The van der Waals surface area contributed by atoms with Crippen LogP contribution in [0.4, 0.5) is 0 Å². The highest BCUT2D eigenvalue weighted by atomic mass is 16.5. The lowest BCUT2D eigenvalue weighted by Gasteiger charge is -2.32. The summed E-state index contributed by atoms with van der Waals surface area (Å²) in [4.78, 5) is 19.7. The standard InChI is InChI=1S/C14H21N3O3/c1-11-3-4-12(13(15-11)14(18)19)20-10-9-17-7-5-16(2)6-8-17/h3-4H,5-10H2,1-2H3,(H,18,19). The van der Waals surface area contributed by atoms with Gasteiger partial charge in [-0.2, -0.15) is 0 Å². The molecule has 0 unspecified atom stereocenters. The molecule has 20 heavy (non-hydrogen) atoms. The predicted octanol–water partition coefficient (Wildman–Crippen LogP) is 0.714. The van der Waals surface area contributed by atoms with E-state index in [1.54, 1.807) is 19.1 Å². The monoisotopic (exact) mass is 279 g/mol. The zero-order chi connectivity index (χ0) is 14.5. The van der Waals surface area contributed by atoms with Gasteiger partial charge in [-0.25, -0.2) is 9.78 Å². The largest absolute Gasteiger partial charge is 0.490 e. The zero-order valence-electron chi connectivity index (χ0n) is 12.0. The van der Waals surface area contributed by atoms with Crippen LogP contribution in [0.25, 0.3) is 0 Å². The average molecular weight is 279 g/mol. The molecule has 1 saturated heterocycles. The quantitative estimate of drug-likeness (QED) is 0.856. The van der Waals surface area contributed by atoms with Crippen LogP contribution in [0.15, 0.2) is 12.1 Å². The maximum atomic E-state index is 11.1. The Labute approximate surface area is 119 Å². The summed E-state index contributed by atoms with van der Waals surface area (Å²) in [6.07, 6.45) is 0. The molecule has 0 bridgehead atoms. The molecule has 0 spiro atoms. The normalized spacial score (nSPS) is 17.1. The molecule has 1 aromatic rings. The van der Waals surface area contributed by atoms with Crippen molar-refractivity contribution < 1.29 is 14.6 Å². The summed E-state index contributed by atoms with van der Waals surface area (Å²) in [5, 5.41) is 9.11. The molecule has 1 aromatic heterocycles. The fraction of sp³-hybridized carbons (Fsp3) is 0.571. The van der Waals surface area contributed by atoms with Gasteiger partial charge in [0.1, 0.15) is 6.61 Å². The molecule has 0 radical (unpaired) electrons. The van der Waals surface area contributed by atoms with Crippen molar-refractivity contribution in [3.05, 3.63) is 23.5 Å². The number of carboxylic acids is 1. The number of nitrogens with zero attached hydrogens (tertiary/aromatic N) is 3. The van der Waals surface area contributed by atoms with E-state index in [4.69, 9.17) is 9.84 Å². The Morgan fingerprint density at radius 2 is 2.05 bits per heavy atom. The van der Waals surface area contributed by atoms with Gasteiger partial charge in [0.2, 0.25) is 0 Å². The number of rotatable bonds is 5. The Morgan fingerprint density at radius 3 is 2.70 bits per heavy atom. The van der Waals surface area contributed by atoms with Crippen molar-refractivity contribution in [1.82, 2.24) is 14.8 Å². The van der Waals surface area contributed by atoms with Gasteiger partial charge in [-0.3, -0.25) is 4.90 Å². The maximum absolute atomic E-state index is 11.1. The molecule has 2 rings (SSSR count). The van der Waals surface area contributed by atoms with Gasteiger partial charge in [0, 0.05) is 38.4 Å². The third-order valence-corrected chi connectivity index (χ3v) is 3.46. The molecule has 1 fully saturated rings. The highest BCUT2D eigenvalue weighted by Crippen LogP contribution is 2.16. The smallest absolute Gasteiger partial charge is 0.358 e. The molecular weight excluding hydrogens is 258 g/mol. The van der Waals surface area contributed by atoms with E-state index in [1.165, 1.54) is 0 Å². The van der Waals surface area contributed by atoms with E-state index in [9.17, 15) is 4.79 Å². The van der Waals surface area contributed by atoms with E-state index < -0.39 is 5.97 Å². The molecule has 1 N–H and O–H groups in total. The lowest BCUT2D eigenvalue weighted by Crippen LogP contribution is -2.45. The maximum Gasteiger partial charge on any atom is 0.358 e. The molecule has 6 heteroatoms. The minimum Gasteiger partial charge on any atom is -0.490 e. The first-order valence-corrected chi connectivity index (χ1v) is 6.81. The second-order valence-electron chi connectivity index (χ2n) is 5.10. The average Bonchev–Trinajstić information content (AvgIpc) is 2.42. The van der Waals surface area contributed by atoms with Gasteiger partial charge in [0.25, 0.3) is 0 Å². The van der Waals surface area contributed by atoms with Crippen molar-refractivity contribution in [1.29, 1.82) is 0 Å². The molecule has 1 aliphatic rings. The molecule has 1 aliphatic heterocycles. The van der Waals surface area contributed by atoms with Gasteiger partial charge in [0.15, 0.2) is 11.4 Å². The molecule has 6 nitrogen and oxygen atoms in total. The first kappa shape index (κ1) is 14.7. The molecule has 0 saturated carbocycles. The van der Waals surface area contributed by atoms with Crippen LogP contribution in [-0.4, -0.2) is 72.2 Å². The van der Waals surface area contributed by atoms with Crippen LogP contribution < -0.4 is 4.74 Å². The van der Waals surface area contributed by atoms with Crippen LogP contribution >= 0.6 is 0 Å². The molecule has 110 valence electrons. The number of aromatic nitrogens is 1. The van der Waals surface area contributed by atoms with Crippen molar-refractivity contribution in [3.63, 3.8) is 0 Å².